The number of hydrogen-bond acceptors (Lipinski definition) is 3. The molecule has 2 bridgehead atoms. The Hall–Kier alpha value is -2.11. The number of rotatable bonds is 5. The Morgan fingerprint density at radius 2 is 1.70 bits per heavy atom. The van der Waals surface area contributed by atoms with E-state index in [0.29, 0.717) is 18.1 Å². The molecule has 0 aromatic heterocycles. The van der Waals surface area contributed by atoms with Crippen molar-refractivity contribution in [2.45, 2.75) is 50.4 Å². The normalized spacial score (nSPS) is 24.4. The van der Waals surface area contributed by atoms with Gasteiger partial charge in [-0.3, -0.25) is 4.90 Å². The third kappa shape index (κ3) is 4.42. The number of methoxy groups -OCH3 is 1. The minimum Gasteiger partial charge on any atom is -0.497 e. The van der Waals surface area contributed by atoms with Crippen LogP contribution in [0.2, 0.25) is 0 Å². The van der Waals surface area contributed by atoms with Gasteiger partial charge in [-0.15, -0.1) is 0 Å². The molecule has 2 aromatic carbocycles. The highest BCUT2D eigenvalue weighted by atomic mass is 32.1. The van der Waals surface area contributed by atoms with Crippen molar-refractivity contribution < 1.29 is 4.74 Å². The van der Waals surface area contributed by atoms with Gasteiger partial charge in [-0.1, -0.05) is 30.3 Å². The summed E-state index contributed by atoms with van der Waals surface area (Å²) in [5.74, 6) is 0.920. The van der Waals surface area contributed by atoms with Gasteiger partial charge >= 0.3 is 0 Å². The summed E-state index contributed by atoms with van der Waals surface area (Å²) in [5, 5.41) is 7.57. The summed E-state index contributed by atoms with van der Waals surface area (Å²) in [5.41, 5.74) is 2.40. The smallest absolute Gasteiger partial charge is 0.170 e. The molecule has 2 aliphatic rings. The molecular weight excluding hydrogens is 354 g/mol. The molecule has 0 unspecified atom stereocenters. The Morgan fingerprint density at radius 1 is 1.04 bits per heavy atom. The van der Waals surface area contributed by atoms with Crippen LogP contribution in [0, 0.1) is 0 Å². The maximum absolute atomic E-state index is 5.52. The zero-order valence-corrected chi connectivity index (χ0v) is 16.5. The van der Waals surface area contributed by atoms with E-state index < -0.39 is 0 Å². The molecule has 0 saturated carbocycles. The van der Waals surface area contributed by atoms with Gasteiger partial charge in [0.25, 0.3) is 0 Å². The second-order valence-corrected chi connectivity index (χ2v) is 7.95. The third-order valence-electron chi connectivity index (χ3n) is 5.78. The van der Waals surface area contributed by atoms with Crippen molar-refractivity contribution in [3.8, 4) is 5.75 Å². The third-order valence-corrected chi connectivity index (χ3v) is 6.00. The molecule has 2 N–H and O–H groups in total. The Balaban J connectivity index is 1.32. The molecule has 2 heterocycles. The molecule has 4 rings (SSSR count). The van der Waals surface area contributed by atoms with Crippen LogP contribution in [-0.2, 0) is 6.54 Å². The van der Waals surface area contributed by atoms with Gasteiger partial charge in [-0.05, 0) is 67.7 Å². The van der Waals surface area contributed by atoms with Gasteiger partial charge in [0.05, 0.1) is 7.11 Å². The first kappa shape index (κ1) is 18.3. The van der Waals surface area contributed by atoms with Crippen LogP contribution >= 0.6 is 12.2 Å². The molecular formula is C22H27N3OS. The van der Waals surface area contributed by atoms with E-state index in [1.807, 2.05) is 30.3 Å². The zero-order valence-electron chi connectivity index (χ0n) is 15.7. The average molecular weight is 382 g/mol. The molecule has 0 spiro atoms. The topological polar surface area (TPSA) is 36.5 Å². The van der Waals surface area contributed by atoms with Gasteiger partial charge in [0.15, 0.2) is 5.11 Å². The van der Waals surface area contributed by atoms with Gasteiger partial charge in [-0.25, -0.2) is 0 Å². The summed E-state index contributed by atoms with van der Waals surface area (Å²) in [7, 11) is 1.71. The highest BCUT2D eigenvalue weighted by Gasteiger charge is 2.40. The molecule has 2 fully saturated rings. The molecule has 2 aliphatic heterocycles. The fourth-order valence-electron chi connectivity index (χ4n) is 4.47. The highest BCUT2D eigenvalue weighted by Crippen LogP contribution is 2.37. The lowest BCUT2D eigenvalue weighted by Crippen LogP contribution is -2.50. The van der Waals surface area contributed by atoms with E-state index in [-0.39, 0.29) is 0 Å². The number of thiocarbonyl (C=S) groups is 1. The summed E-state index contributed by atoms with van der Waals surface area (Å²) >= 11 is 5.52. The minimum atomic E-state index is 0.457. The van der Waals surface area contributed by atoms with E-state index >= 15 is 0 Å². The second-order valence-electron chi connectivity index (χ2n) is 7.54. The Morgan fingerprint density at radius 3 is 2.33 bits per heavy atom. The number of hydrogen-bond donors (Lipinski definition) is 2. The van der Waals surface area contributed by atoms with E-state index in [0.717, 1.165) is 35.9 Å². The number of nitrogens with one attached hydrogen (secondary N) is 2. The highest BCUT2D eigenvalue weighted by molar-refractivity contribution is 7.80. The maximum atomic E-state index is 5.52. The van der Waals surface area contributed by atoms with Gasteiger partial charge in [0.2, 0.25) is 0 Å². The molecule has 2 aromatic rings. The van der Waals surface area contributed by atoms with Crippen LogP contribution in [0.3, 0.4) is 0 Å². The Kier molecular flexibility index (Phi) is 5.60. The molecule has 27 heavy (non-hydrogen) atoms. The van der Waals surface area contributed by atoms with Crippen molar-refractivity contribution in [3.63, 3.8) is 0 Å². The summed E-state index contributed by atoms with van der Waals surface area (Å²) in [6, 6.07) is 20.3. The minimum absolute atomic E-state index is 0.457. The van der Waals surface area contributed by atoms with Crippen LogP contribution in [-0.4, -0.2) is 35.2 Å². The predicted molar refractivity (Wildman–Crippen MR) is 114 cm³/mol. The van der Waals surface area contributed by atoms with Crippen molar-refractivity contribution in [2.75, 3.05) is 12.4 Å². The molecule has 0 radical (unpaired) electrons. The Bertz CT molecular complexity index is 751. The maximum Gasteiger partial charge on any atom is 0.170 e. The van der Waals surface area contributed by atoms with Crippen molar-refractivity contribution in [1.82, 2.24) is 10.2 Å². The largest absolute Gasteiger partial charge is 0.497 e. The SMILES string of the molecule is COc1ccc(CN2[C@@H]3CC[C@@H]2CC(NC(=S)Nc2ccccc2)C3)cc1. The number of nitrogens with zero attached hydrogens (tertiary/aromatic N) is 1. The van der Waals surface area contributed by atoms with Gasteiger partial charge in [-0.2, -0.15) is 0 Å². The molecule has 0 aliphatic carbocycles. The lowest BCUT2D eigenvalue weighted by molar-refractivity contribution is 0.115. The fourth-order valence-corrected chi connectivity index (χ4v) is 4.75. The van der Waals surface area contributed by atoms with Crippen LogP contribution in [0.5, 0.6) is 5.75 Å². The Labute approximate surface area is 166 Å². The summed E-state index contributed by atoms with van der Waals surface area (Å²) in [4.78, 5) is 2.69. The lowest BCUT2D eigenvalue weighted by atomic mass is 9.96. The summed E-state index contributed by atoms with van der Waals surface area (Å²) in [6.07, 6.45) is 4.89. The predicted octanol–water partition coefficient (Wildman–Crippen LogP) is 4.18. The van der Waals surface area contributed by atoms with E-state index in [1.54, 1.807) is 7.11 Å². The molecule has 2 saturated heterocycles. The number of benzene rings is 2. The number of ether oxygens (including phenoxy) is 1. The van der Waals surface area contributed by atoms with Crippen molar-refractivity contribution >= 4 is 23.0 Å². The van der Waals surface area contributed by atoms with Crippen molar-refractivity contribution in [2.24, 2.45) is 0 Å². The monoisotopic (exact) mass is 381 g/mol. The van der Waals surface area contributed by atoms with E-state index in [2.05, 4.69) is 39.8 Å². The first-order valence-electron chi connectivity index (χ1n) is 9.72. The van der Waals surface area contributed by atoms with Crippen molar-refractivity contribution in [3.05, 3.63) is 60.2 Å². The number of para-hydroxylation sites is 1. The lowest BCUT2D eigenvalue weighted by Gasteiger charge is -2.39. The van der Waals surface area contributed by atoms with Gasteiger partial charge in [0, 0.05) is 30.4 Å². The van der Waals surface area contributed by atoms with Crippen molar-refractivity contribution in [1.29, 1.82) is 0 Å². The first-order valence-corrected chi connectivity index (χ1v) is 10.1. The number of fused-ring (bicyclic) bond motifs is 2. The van der Waals surface area contributed by atoms with Crippen LogP contribution in [0.15, 0.2) is 54.6 Å². The second kappa shape index (κ2) is 8.28. The quantitative estimate of drug-likeness (QED) is 0.760. The fraction of sp³-hybridized carbons (Fsp3) is 0.409. The van der Waals surface area contributed by atoms with Gasteiger partial charge in [0.1, 0.15) is 5.75 Å². The van der Waals surface area contributed by atoms with Crippen LogP contribution < -0.4 is 15.4 Å². The zero-order chi connectivity index (χ0) is 18.6. The van der Waals surface area contributed by atoms with Gasteiger partial charge < -0.3 is 15.4 Å². The average Bonchev–Trinajstić information content (AvgIpc) is 2.91. The van der Waals surface area contributed by atoms with E-state index in [1.165, 1.54) is 18.4 Å². The first-order chi connectivity index (χ1) is 13.2. The number of piperidine rings is 1. The molecule has 4 nitrogen and oxygen atoms in total. The number of anilines is 1. The molecule has 2 atom stereocenters. The molecule has 5 heteroatoms. The van der Waals surface area contributed by atoms with Crippen LogP contribution in [0.4, 0.5) is 5.69 Å². The van der Waals surface area contributed by atoms with E-state index in [4.69, 9.17) is 17.0 Å². The van der Waals surface area contributed by atoms with E-state index in [9.17, 15) is 0 Å². The summed E-state index contributed by atoms with van der Waals surface area (Å²) in [6.45, 7) is 1.03. The summed E-state index contributed by atoms with van der Waals surface area (Å²) < 4.78 is 5.27. The molecule has 0 amide bonds. The van der Waals surface area contributed by atoms with Crippen LogP contribution in [0.25, 0.3) is 0 Å². The molecule has 142 valence electrons. The standard InChI is InChI=1S/C22H27N3OS/c1-26-21-11-7-16(8-12-21)15-25-19-9-10-20(25)14-18(13-19)24-22(27)23-17-5-3-2-4-6-17/h2-8,11-12,18-20H,9-10,13-15H2,1H3,(H2,23,24,27)/t19-,20-/m1/s1. The van der Waals surface area contributed by atoms with Crippen LogP contribution in [0.1, 0.15) is 31.2 Å².